The molecule has 4 aromatic carbocycles. The molecular formula is C34H37FO3S. The second kappa shape index (κ2) is 13.9. The summed E-state index contributed by atoms with van der Waals surface area (Å²) in [6.45, 7) is 3.65. The zero-order valence-corrected chi connectivity index (χ0v) is 23.3. The van der Waals surface area contributed by atoms with Gasteiger partial charge in [0.25, 0.3) is 0 Å². The minimum atomic E-state index is -1.22. The monoisotopic (exact) mass is 544 g/mol. The Morgan fingerprint density at radius 2 is 1.18 bits per heavy atom. The van der Waals surface area contributed by atoms with Crippen LogP contribution >= 0.6 is 10.9 Å². The molecular weight excluding hydrogens is 507 g/mol. The number of ether oxygens (including phenoxy) is 3. The van der Waals surface area contributed by atoms with Gasteiger partial charge in [0, 0.05) is 11.0 Å². The van der Waals surface area contributed by atoms with Gasteiger partial charge >= 0.3 is 0 Å². The molecule has 5 atom stereocenters. The van der Waals surface area contributed by atoms with Crippen molar-refractivity contribution in [2.75, 3.05) is 12.4 Å². The van der Waals surface area contributed by atoms with E-state index >= 15 is 4.39 Å². The Labute approximate surface area is 234 Å². The molecule has 1 aliphatic rings. The van der Waals surface area contributed by atoms with E-state index in [1.54, 1.807) is 0 Å². The highest BCUT2D eigenvalue weighted by Gasteiger charge is 2.46. The van der Waals surface area contributed by atoms with Crippen molar-refractivity contribution in [1.82, 2.24) is 0 Å². The molecule has 204 valence electrons. The molecule has 0 aliphatic carbocycles. The van der Waals surface area contributed by atoms with Gasteiger partial charge in [-0.3, -0.25) is 0 Å². The molecule has 1 aliphatic heterocycles. The van der Waals surface area contributed by atoms with E-state index in [4.69, 9.17) is 14.2 Å². The Kier molecular flexibility index (Phi) is 9.84. The van der Waals surface area contributed by atoms with Crippen molar-refractivity contribution < 1.29 is 18.6 Å². The molecule has 0 N–H and O–H groups in total. The standard InChI is InChI=1S/C34H37FO3S/c1-26-17-19-30(20-18-26)39-25-31(37-22-28-13-7-3-8-14-28)34(38-23-29-15-9-4-10-16-29)33(35)32(39)24-36-21-27-11-5-2-6-12-27/h2-20,31-34,39H,21-25H2,1H3/t31-,32+,33-,34+/m0/s1. The number of hydrogen-bond donors (Lipinski definition) is 1. The zero-order chi connectivity index (χ0) is 26.9. The van der Waals surface area contributed by atoms with Crippen LogP contribution < -0.4 is 0 Å². The third-order valence-electron chi connectivity index (χ3n) is 7.18. The molecule has 0 bridgehead atoms. The molecule has 5 rings (SSSR count). The SMILES string of the molecule is Cc1ccc([SH]2C[C@H](OCc3ccccc3)[C@@H](OCc3ccccc3)[C@@H](F)[C@H]2COCc2ccccc2)cc1. The molecule has 1 saturated heterocycles. The fraction of sp³-hybridized carbons (Fsp3) is 0.294. The van der Waals surface area contributed by atoms with Crippen molar-refractivity contribution in [2.24, 2.45) is 0 Å². The lowest BCUT2D eigenvalue weighted by molar-refractivity contribution is -0.113. The third-order valence-corrected chi connectivity index (χ3v) is 10.1. The first-order valence-electron chi connectivity index (χ1n) is 13.6. The van der Waals surface area contributed by atoms with E-state index in [0.29, 0.717) is 26.4 Å². The average Bonchev–Trinajstić information content (AvgIpc) is 2.98. The van der Waals surface area contributed by atoms with Gasteiger partial charge < -0.3 is 14.2 Å². The van der Waals surface area contributed by atoms with E-state index in [-0.39, 0.29) is 11.4 Å². The maximum absolute atomic E-state index is 16.7. The van der Waals surface area contributed by atoms with E-state index in [0.717, 1.165) is 22.4 Å². The number of rotatable bonds is 11. The van der Waals surface area contributed by atoms with Crippen LogP contribution in [0.5, 0.6) is 0 Å². The summed E-state index contributed by atoms with van der Waals surface area (Å²) < 4.78 is 35.6. The number of thiol groups is 1. The minimum Gasteiger partial charge on any atom is -0.376 e. The maximum Gasteiger partial charge on any atom is 0.141 e. The average molecular weight is 545 g/mol. The quantitative estimate of drug-likeness (QED) is 0.199. The molecule has 1 heterocycles. The Bertz CT molecular complexity index is 1250. The van der Waals surface area contributed by atoms with Gasteiger partial charge in [0.05, 0.1) is 32.5 Å². The van der Waals surface area contributed by atoms with Gasteiger partial charge in [-0.2, -0.15) is 0 Å². The summed E-state index contributed by atoms with van der Waals surface area (Å²) in [7, 11) is -0.879. The van der Waals surface area contributed by atoms with Gasteiger partial charge in [0.15, 0.2) is 0 Å². The van der Waals surface area contributed by atoms with Gasteiger partial charge in [-0.05, 0) is 28.5 Å². The Hall–Kier alpha value is -2.96. The first-order valence-corrected chi connectivity index (χ1v) is 15.2. The summed E-state index contributed by atoms with van der Waals surface area (Å²) in [6, 6.07) is 38.6. The minimum absolute atomic E-state index is 0.288. The van der Waals surface area contributed by atoms with Crippen molar-refractivity contribution in [1.29, 1.82) is 0 Å². The van der Waals surface area contributed by atoms with E-state index < -0.39 is 23.2 Å². The van der Waals surface area contributed by atoms with Crippen molar-refractivity contribution in [3.63, 3.8) is 0 Å². The first-order chi connectivity index (χ1) is 19.2. The Morgan fingerprint density at radius 3 is 1.74 bits per heavy atom. The number of alkyl halides is 1. The molecule has 39 heavy (non-hydrogen) atoms. The van der Waals surface area contributed by atoms with Crippen molar-refractivity contribution in [3.05, 3.63) is 138 Å². The van der Waals surface area contributed by atoms with Crippen molar-refractivity contribution in [2.45, 2.75) is 55.3 Å². The van der Waals surface area contributed by atoms with Gasteiger partial charge in [-0.15, -0.1) is 0 Å². The second-order valence-corrected chi connectivity index (χ2v) is 12.6. The molecule has 1 fully saturated rings. The highest BCUT2D eigenvalue weighted by atomic mass is 32.2. The lowest BCUT2D eigenvalue weighted by atomic mass is 10.1. The first kappa shape index (κ1) is 27.6. The van der Waals surface area contributed by atoms with Crippen LogP contribution in [0.2, 0.25) is 0 Å². The smallest absolute Gasteiger partial charge is 0.141 e. The van der Waals surface area contributed by atoms with Crippen molar-refractivity contribution >= 4 is 10.9 Å². The number of benzene rings is 4. The molecule has 0 spiro atoms. The summed E-state index contributed by atoms with van der Waals surface area (Å²) in [5.74, 6) is 0.727. The van der Waals surface area contributed by atoms with Gasteiger partial charge in [-0.1, -0.05) is 121 Å². The van der Waals surface area contributed by atoms with E-state index in [9.17, 15) is 0 Å². The fourth-order valence-corrected chi connectivity index (χ4v) is 7.90. The highest BCUT2D eigenvalue weighted by molar-refractivity contribution is 8.17. The van der Waals surface area contributed by atoms with Gasteiger partial charge in [0.1, 0.15) is 12.3 Å². The van der Waals surface area contributed by atoms with Crippen LogP contribution in [-0.4, -0.2) is 36.0 Å². The van der Waals surface area contributed by atoms with E-state index in [1.165, 1.54) is 10.5 Å². The third kappa shape index (κ3) is 7.58. The molecule has 0 radical (unpaired) electrons. The second-order valence-electron chi connectivity index (χ2n) is 10.1. The normalized spacial score (nSPS) is 23.9. The van der Waals surface area contributed by atoms with Crippen LogP contribution in [0.1, 0.15) is 22.3 Å². The fourth-order valence-electron chi connectivity index (χ4n) is 5.01. The summed E-state index contributed by atoms with van der Waals surface area (Å²) in [5, 5.41) is -0.288. The number of hydrogen-bond acceptors (Lipinski definition) is 3. The topological polar surface area (TPSA) is 27.7 Å². The molecule has 5 heteroatoms. The predicted octanol–water partition coefficient (Wildman–Crippen LogP) is 7.46. The molecule has 4 aromatic rings. The van der Waals surface area contributed by atoms with Gasteiger partial charge in [0.2, 0.25) is 0 Å². The van der Waals surface area contributed by atoms with Crippen LogP contribution in [0.15, 0.2) is 120 Å². The van der Waals surface area contributed by atoms with E-state index in [2.05, 4.69) is 31.2 Å². The summed E-state index contributed by atoms with van der Waals surface area (Å²) in [4.78, 5) is 1.18. The number of aryl methyl sites for hydroxylation is 1. The van der Waals surface area contributed by atoms with Crippen molar-refractivity contribution in [3.8, 4) is 0 Å². The zero-order valence-electron chi connectivity index (χ0n) is 22.4. The summed E-state index contributed by atoms with van der Waals surface area (Å²) in [5.41, 5.74) is 4.38. The highest BCUT2D eigenvalue weighted by Crippen LogP contribution is 2.49. The largest absolute Gasteiger partial charge is 0.376 e. The predicted molar refractivity (Wildman–Crippen MR) is 158 cm³/mol. The van der Waals surface area contributed by atoms with Crippen LogP contribution in [0.25, 0.3) is 0 Å². The van der Waals surface area contributed by atoms with Crippen LogP contribution in [0, 0.1) is 6.92 Å². The molecule has 3 nitrogen and oxygen atoms in total. The molecule has 1 unspecified atom stereocenters. The van der Waals surface area contributed by atoms with Crippen LogP contribution in [0.3, 0.4) is 0 Å². The lowest BCUT2D eigenvalue weighted by Crippen LogP contribution is -2.52. The summed E-state index contributed by atoms with van der Waals surface area (Å²) in [6.07, 6.45) is -2.25. The Balaban J connectivity index is 1.38. The van der Waals surface area contributed by atoms with E-state index in [1.807, 2.05) is 91.0 Å². The maximum atomic E-state index is 16.7. The lowest BCUT2D eigenvalue weighted by Gasteiger charge is -2.45. The molecule has 0 amide bonds. The molecule has 0 saturated carbocycles. The van der Waals surface area contributed by atoms with Gasteiger partial charge in [-0.25, -0.2) is 15.3 Å². The van der Waals surface area contributed by atoms with Crippen LogP contribution in [0.4, 0.5) is 4.39 Å². The molecule has 0 aromatic heterocycles. The van der Waals surface area contributed by atoms with Crippen LogP contribution in [-0.2, 0) is 34.0 Å². The number of halogens is 1. The summed E-state index contributed by atoms with van der Waals surface area (Å²) >= 11 is 0. The Morgan fingerprint density at radius 1 is 0.667 bits per heavy atom.